The lowest BCUT2D eigenvalue weighted by Crippen LogP contribution is -2.10. The number of carboxylic acid groups (broad SMARTS) is 1. The summed E-state index contributed by atoms with van der Waals surface area (Å²) in [7, 11) is -2.51. The van der Waals surface area contributed by atoms with Crippen LogP contribution in [-0.2, 0) is 16.9 Å². The molecule has 0 unspecified atom stereocenters. The van der Waals surface area contributed by atoms with Gasteiger partial charge in [-0.15, -0.1) is 0 Å². The molecule has 0 radical (unpaired) electrons. The molecule has 3 N–H and O–H groups in total. The van der Waals surface area contributed by atoms with E-state index in [1.54, 1.807) is 41.9 Å². The molecule has 0 atom stereocenters. The van der Waals surface area contributed by atoms with Gasteiger partial charge in [-0.25, -0.2) is 13.2 Å². The fourth-order valence-corrected chi connectivity index (χ4v) is 7.35. The number of anilines is 1. The predicted octanol–water partition coefficient (Wildman–Crippen LogP) is 7.29. The summed E-state index contributed by atoms with van der Waals surface area (Å²) < 4.78 is 31.0. The van der Waals surface area contributed by atoms with Crippen LogP contribution in [0.1, 0.15) is 10.5 Å². The van der Waals surface area contributed by atoms with Crippen LogP contribution in [0.4, 0.5) is 5.69 Å². The number of nitrogens with zero attached hydrogens (tertiary/aromatic N) is 1. The summed E-state index contributed by atoms with van der Waals surface area (Å²) in [6, 6.07) is 35.7. The van der Waals surface area contributed by atoms with Crippen LogP contribution in [0.3, 0.4) is 0 Å². The monoisotopic (exact) mass is 558 g/mol. The fourth-order valence-electron chi connectivity index (χ4n) is 5.62. The van der Waals surface area contributed by atoms with Gasteiger partial charge in [-0.05, 0) is 28.8 Å². The molecule has 1 aromatic heterocycles. The van der Waals surface area contributed by atoms with Gasteiger partial charge in [0.15, 0.2) is 0 Å². The Labute approximate surface area is 237 Å². The average molecular weight is 559 g/mol. The molecule has 0 aliphatic carbocycles. The van der Waals surface area contributed by atoms with Gasteiger partial charge in [-0.1, -0.05) is 109 Å². The van der Waals surface area contributed by atoms with Gasteiger partial charge in [0.2, 0.25) is 9.84 Å². The number of carbonyl (C=O) groups is 1. The zero-order valence-corrected chi connectivity index (χ0v) is 23.0. The minimum absolute atomic E-state index is 0.0170. The van der Waals surface area contributed by atoms with Gasteiger partial charge in [0.1, 0.15) is 5.69 Å². The van der Waals surface area contributed by atoms with Crippen molar-refractivity contribution in [1.29, 1.82) is 0 Å². The van der Waals surface area contributed by atoms with E-state index in [9.17, 15) is 18.3 Å². The number of aromatic carboxylic acids is 1. The summed E-state index contributed by atoms with van der Waals surface area (Å²) in [5.74, 6) is -1.14. The summed E-state index contributed by atoms with van der Waals surface area (Å²) in [4.78, 5) is 13.0. The van der Waals surface area contributed by atoms with E-state index in [0.717, 1.165) is 0 Å². The highest BCUT2D eigenvalue weighted by Crippen LogP contribution is 2.51. The predicted molar refractivity (Wildman–Crippen MR) is 162 cm³/mol. The first kappa shape index (κ1) is 26.1. The standard InChI is InChI=1S/C34H26N2O4S/c1-36-31-29(26(32(36)34(37)38)22-14-6-2-7-15-22)27(23-16-8-3-9-17-23)33(41(39,40)25-20-12-5-13-21-25)28(30(31)35)24-18-10-4-11-19-24/h2-21H,35H2,1H3,(H,37,38). The molecule has 6 nitrogen and oxygen atoms in total. The number of hydrogen-bond donors (Lipinski definition) is 2. The molecule has 0 bridgehead atoms. The zero-order chi connectivity index (χ0) is 28.7. The van der Waals surface area contributed by atoms with Crippen LogP contribution in [0, 0.1) is 0 Å². The minimum Gasteiger partial charge on any atom is -0.477 e. The van der Waals surface area contributed by atoms with Crippen LogP contribution in [0.2, 0.25) is 0 Å². The first-order valence-corrected chi connectivity index (χ1v) is 14.5. The maximum Gasteiger partial charge on any atom is 0.353 e. The smallest absolute Gasteiger partial charge is 0.353 e. The molecule has 0 aliphatic heterocycles. The van der Waals surface area contributed by atoms with Crippen molar-refractivity contribution in [3.63, 3.8) is 0 Å². The number of nitrogen functional groups attached to an aromatic ring is 1. The van der Waals surface area contributed by atoms with Gasteiger partial charge in [-0.3, -0.25) is 0 Å². The van der Waals surface area contributed by atoms with Crippen molar-refractivity contribution in [3.8, 4) is 33.4 Å². The van der Waals surface area contributed by atoms with Gasteiger partial charge >= 0.3 is 5.97 Å². The molecule has 0 spiro atoms. The van der Waals surface area contributed by atoms with Gasteiger partial charge in [0.05, 0.1) is 21.0 Å². The molecule has 5 aromatic carbocycles. The van der Waals surface area contributed by atoms with E-state index in [0.29, 0.717) is 44.3 Å². The Morgan fingerprint density at radius 2 is 1.07 bits per heavy atom. The molecule has 0 aliphatic rings. The Morgan fingerprint density at radius 1 is 0.659 bits per heavy atom. The molecular formula is C34H26N2O4S. The molecular weight excluding hydrogens is 532 g/mol. The third-order valence-electron chi connectivity index (χ3n) is 7.34. The molecule has 0 saturated heterocycles. The van der Waals surface area contributed by atoms with E-state index in [2.05, 4.69) is 0 Å². The number of benzene rings is 5. The topological polar surface area (TPSA) is 102 Å². The van der Waals surface area contributed by atoms with Crippen LogP contribution >= 0.6 is 0 Å². The van der Waals surface area contributed by atoms with Crippen LogP contribution in [0.15, 0.2) is 131 Å². The Morgan fingerprint density at radius 3 is 1.54 bits per heavy atom. The molecule has 0 saturated carbocycles. The van der Waals surface area contributed by atoms with E-state index >= 15 is 0 Å². The molecule has 41 heavy (non-hydrogen) atoms. The van der Waals surface area contributed by atoms with Crippen molar-refractivity contribution in [2.75, 3.05) is 5.73 Å². The summed E-state index contributed by atoms with van der Waals surface area (Å²) in [5.41, 5.74) is 10.6. The Balaban J connectivity index is 1.96. The van der Waals surface area contributed by atoms with E-state index in [1.807, 2.05) is 91.0 Å². The molecule has 0 fully saturated rings. The van der Waals surface area contributed by atoms with Crippen molar-refractivity contribution in [2.45, 2.75) is 9.79 Å². The second-order valence-corrected chi connectivity index (χ2v) is 11.6. The largest absolute Gasteiger partial charge is 0.477 e. The highest BCUT2D eigenvalue weighted by Gasteiger charge is 2.35. The third kappa shape index (κ3) is 4.18. The fraction of sp³-hybridized carbons (Fsp3) is 0.0294. The van der Waals surface area contributed by atoms with E-state index < -0.39 is 15.8 Å². The number of rotatable bonds is 6. The number of carboxylic acids is 1. The number of hydrogen-bond acceptors (Lipinski definition) is 4. The molecule has 0 amide bonds. The van der Waals surface area contributed by atoms with Crippen molar-refractivity contribution >= 4 is 32.4 Å². The van der Waals surface area contributed by atoms with E-state index in [-0.39, 0.29) is 21.2 Å². The maximum atomic E-state index is 14.7. The highest BCUT2D eigenvalue weighted by molar-refractivity contribution is 7.91. The van der Waals surface area contributed by atoms with E-state index in [4.69, 9.17) is 5.73 Å². The Bertz CT molecular complexity index is 2020. The summed E-state index contributed by atoms with van der Waals surface area (Å²) >= 11 is 0. The Hall–Kier alpha value is -5.14. The second-order valence-electron chi connectivity index (χ2n) is 9.72. The van der Waals surface area contributed by atoms with Crippen LogP contribution in [-0.4, -0.2) is 24.1 Å². The summed E-state index contributed by atoms with van der Waals surface area (Å²) in [6.07, 6.45) is 0. The minimum atomic E-state index is -4.17. The SMILES string of the molecule is Cn1c(C(=O)O)c(-c2ccccc2)c2c(-c3ccccc3)c(S(=O)(=O)c3ccccc3)c(-c3ccccc3)c(N)c21. The average Bonchev–Trinajstić information content (AvgIpc) is 3.32. The quantitative estimate of drug-likeness (QED) is 0.209. The molecule has 1 heterocycles. The summed E-state index contributed by atoms with van der Waals surface area (Å²) in [6.45, 7) is 0. The maximum absolute atomic E-state index is 14.7. The molecule has 202 valence electrons. The van der Waals surface area contributed by atoms with Gasteiger partial charge < -0.3 is 15.4 Å². The normalized spacial score (nSPS) is 11.5. The second kappa shape index (κ2) is 10.1. The summed E-state index contributed by atoms with van der Waals surface area (Å²) in [5, 5.41) is 10.9. The Kier molecular flexibility index (Phi) is 6.44. The lowest BCUT2D eigenvalue weighted by atomic mass is 9.90. The van der Waals surface area contributed by atoms with Crippen LogP contribution in [0.5, 0.6) is 0 Å². The van der Waals surface area contributed by atoms with Crippen molar-refractivity contribution in [1.82, 2.24) is 4.57 Å². The first-order valence-electron chi connectivity index (χ1n) is 13.0. The lowest BCUT2D eigenvalue weighted by Gasteiger charge is -2.21. The molecule has 6 rings (SSSR count). The van der Waals surface area contributed by atoms with E-state index in [1.165, 1.54) is 0 Å². The number of aryl methyl sites for hydroxylation is 1. The lowest BCUT2D eigenvalue weighted by molar-refractivity contribution is 0.0688. The van der Waals surface area contributed by atoms with Gasteiger partial charge in [0, 0.05) is 29.1 Å². The third-order valence-corrected chi connectivity index (χ3v) is 9.17. The van der Waals surface area contributed by atoms with Gasteiger partial charge in [0.25, 0.3) is 0 Å². The van der Waals surface area contributed by atoms with Crippen molar-refractivity contribution < 1.29 is 18.3 Å². The van der Waals surface area contributed by atoms with Gasteiger partial charge in [-0.2, -0.15) is 0 Å². The molecule has 7 heteroatoms. The zero-order valence-electron chi connectivity index (χ0n) is 22.2. The number of nitrogens with two attached hydrogens (primary N) is 1. The highest BCUT2D eigenvalue weighted by atomic mass is 32.2. The number of sulfone groups is 1. The number of aromatic nitrogens is 1. The van der Waals surface area contributed by atoms with Crippen molar-refractivity contribution in [3.05, 3.63) is 127 Å². The van der Waals surface area contributed by atoms with Crippen LogP contribution < -0.4 is 5.73 Å². The van der Waals surface area contributed by atoms with Crippen molar-refractivity contribution in [2.24, 2.45) is 7.05 Å². The van der Waals surface area contributed by atoms with Crippen LogP contribution in [0.25, 0.3) is 44.3 Å². The number of fused-ring (bicyclic) bond motifs is 1. The molecule has 6 aromatic rings. The first-order chi connectivity index (χ1) is 19.8.